The van der Waals surface area contributed by atoms with Crippen molar-refractivity contribution < 1.29 is 33.8 Å². The summed E-state index contributed by atoms with van der Waals surface area (Å²) in [6, 6.07) is 47.4. The number of carbonyl (C=O) groups excluding carboxylic acids is 4. The lowest BCUT2D eigenvalue weighted by Crippen LogP contribution is -2.59. The molecule has 1 aliphatic rings. The Morgan fingerprint density at radius 2 is 0.726 bits per heavy atom. The average molecular weight is 829 g/mol. The third-order valence-electron chi connectivity index (χ3n) is 11.0. The smallest absolute Gasteiger partial charge is 0.407 e. The van der Waals surface area contributed by atoms with Gasteiger partial charge in [0.15, 0.2) is 0 Å². The number of hydrogen-bond acceptors (Lipinski definition) is 6. The molecule has 0 aromatic heterocycles. The van der Waals surface area contributed by atoms with E-state index in [1.54, 1.807) is 48.5 Å². The molecule has 0 radical (unpaired) electrons. The summed E-state index contributed by atoms with van der Waals surface area (Å²) in [6.45, 7) is 0.0392. The maximum absolute atomic E-state index is 14.4. The highest BCUT2D eigenvalue weighted by Gasteiger charge is 2.33. The SMILES string of the molecule is O=C(N[C@@H](Cc1ccccc1)C(=O)N[C@@H](Cc1ccccc1)C(=O)N[C@@H](Cc1ccccc1)C(=O)N[C@@H](Cc1ccccc1)C(=O)O)OCC1c2ccccc2-c2ccccc21. The van der Waals surface area contributed by atoms with E-state index in [1.807, 2.05) is 121 Å². The molecule has 5 N–H and O–H groups in total. The largest absolute Gasteiger partial charge is 0.480 e. The predicted octanol–water partition coefficient (Wildman–Crippen LogP) is 6.40. The van der Waals surface area contributed by atoms with Gasteiger partial charge in [0.1, 0.15) is 30.8 Å². The zero-order chi connectivity index (χ0) is 43.3. The molecule has 0 aliphatic heterocycles. The molecular formula is C51H48N4O7. The first-order valence-electron chi connectivity index (χ1n) is 20.6. The van der Waals surface area contributed by atoms with Crippen LogP contribution in [0.2, 0.25) is 0 Å². The van der Waals surface area contributed by atoms with Crippen molar-refractivity contribution in [3.63, 3.8) is 0 Å². The fraction of sp³-hybridized carbons (Fsp3) is 0.196. The number of carbonyl (C=O) groups is 5. The number of nitrogens with one attached hydrogen (secondary N) is 4. The zero-order valence-corrected chi connectivity index (χ0v) is 34.0. The Morgan fingerprint density at radius 3 is 1.10 bits per heavy atom. The van der Waals surface area contributed by atoms with E-state index in [0.29, 0.717) is 5.56 Å². The van der Waals surface area contributed by atoms with Gasteiger partial charge >= 0.3 is 12.1 Å². The minimum absolute atomic E-state index is 0.0279. The molecule has 6 aromatic rings. The molecule has 11 heteroatoms. The van der Waals surface area contributed by atoms with Crippen LogP contribution in [0, 0.1) is 0 Å². The van der Waals surface area contributed by atoms with Gasteiger partial charge in [-0.25, -0.2) is 9.59 Å². The fourth-order valence-electron chi connectivity index (χ4n) is 7.83. The summed E-state index contributed by atoms with van der Waals surface area (Å²) in [4.78, 5) is 68.7. The van der Waals surface area contributed by atoms with Gasteiger partial charge in [0, 0.05) is 31.6 Å². The molecular weight excluding hydrogens is 781 g/mol. The van der Waals surface area contributed by atoms with Crippen LogP contribution < -0.4 is 21.3 Å². The number of fused-ring (bicyclic) bond motifs is 3. The van der Waals surface area contributed by atoms with Crippen LogP contribution >= 0.6 is 0 Å². The second-order valence-corrected chi connectivity index (χ2v) is 15.3. The minimum atomic E-state index is -1.28. The van der Waals surface area contributed by atoms with E-state index in [-0.39, 0.29) is 38.2 Å². The number of ether oxygens (including phenoxy) is 1. The number of benzene rings is 6. The third kappa shape index (κ3) is 11.2. The van der Waals surface area contributed by atoms with Crippen LogP contribution in [0.15, 0.2) is 170 Å². The highest BCUT2D eigenvalue weighted by molar-refractivity contribution is 5.95. The Hall–Kier alpha value is -7.53. The Balaban J connectivity index is 1.10. The molecule has 0 unspecified atom stereocenters. The van der Waals surface area contributed by atoms with Gasteiger partial charge in [0.25, 0.3) is 0 Å². The number of aliphatic carboxylic acids is 1. The predicted molar refractivity (Wildman–Crippen MR) is 236 cm³/mol. The van der Waals surface area contributed by atoms with Crippen LogP contribution in [-0.2, 0) is 49.6 Å². The van der Waals surface area contributed by atoms with Gasteiger partial charge in [-0.05, 0) is 44.5 Å². The quantitative estimate of drug-likeness (QED) is 0.0670. The molecule has 0 spiro atoms. The molecule has 1 aliphatic carbocycles. The molecule has 0 fully saturated rings. The van der Waals surface area contributed by atoms with Crippen LogP contribution in [0.3, 0.4) is 0 Å². The number of rotatable bonds is 18. The average Bonchev–Trinajstić information content (AvgIpc) is 3.62. The standard InChI is InChI=1S/C51H48N4O7/c56-47(52-44(30-35-19-7-2-8-20-35)48(57)54-46(50(59)60)32-37-23-11-4-12-24-37)43(29-34-17-5-1-6-18-34)53-49(58)45(31-36-21-9-3-10-22-36)55-51(61)62-33-42-40-27-15-13-25-38(40)39-26-14-16-28-41(39)42/h1-28,42-46H,29-33H2,(H,52,56)(H,53,58)(H,54,57)(H,55,61)(H,59,60)/t43-,44-,45-,46-/m0/s1. The van der Waals surface area contributed by atoms with Crippen molar-refractivity contribution in [2.75, 3.05) is 6.61 Å². The number of carboxylic acids is 1. The first-order valence-corrected chi connectivity index (χ1v) is 20.6. The van der Waals surface area contributed by atoms with E-state index in [9.17, 15) is 29.1 Å². The molecule has 7 rings (SSSR count). The summed E-state index contributed by atoms with van der Waals surface area (Å²) in [5, 5.41) is 21.2. The van der Waals surface area contributed by atoms with E-state index >= 15 is 0 Å². The highest BCUT2D eigenvalue weighted by Crippen LogP contribution is 2.44. The van der Waals surface area contributed by atoms with Crippen LogP contribution in [-0.4, -0.2) is 65.7 Å². The summed E-state index contributed by atoms with van der Waals surface area (Å²) in [6.07, 6.45) is -0.585. The van der Waals surface area contributed by atoms with Gasteiger partial charge in [-0.3, -0.25) is 14.4 Å². The normalized spacial score (nSPS) is 13.5. The lowest BCUT2D eigenvalue weighted by Gasteiger charge is -2.26. The first-order chi connectivity index (χ1) is 30.2. The summed E-state index contributed by atoms with van der Waals surface area (Å²) < 4.78 is 5.83. The molecule has 0 saturated carbocycles. The van der Waals surface area contributed by atoms with Gasteiger partial charge in [0.05, 0.1) is 0 Å². The molecule has 4 atom stereocenters. The molecule has 0 saturated heterocycles. The Bertz CT molecular complexity index is 2420. The van der Waals surface area contributed by atoms with E-state index in [4.69, 9.17) is 4.74 Å². The molecule has 0 heterocycles. The lowest BCUT2D eigenvalue weighted by atomic mass is 9.98. The monoisotopic (exact) mass is 828 g/mol. The molecule has 6 aromatic carbocycles. The topological polar surface area (TPSA) is 163 Å². The molecule has 62 heavy (non-hydrogen) atoms. The Labute approximate surface area is 360 Å². The van der Waals surface area contributed by atoms with Gasteiger partial charge in [-0.1, -0.05) is 170 Å². The van der Waals surface area contributed by atoms with E-state index in [0.717, 1.165) is 38.9 Å². The van der Waals surface area contributed by atoms with Gasteiger partial charge in [0.2, 0.25) is 17.7 Å². The summed E-state index contributed by atoms with van der Waals surface area (Å²) in [7, 11) is 0. The second-order valence-electron chi connectivity index (χ2n) is 15.3. The van der Waals surface area contributed by atoms with Crippen LogP contribution in [0.1, 0.15) is 39.3 Å². The van der Waals surface area contributed by atoms with E-state index < -0.39 is 54.0 Å². The third-order valence-corrected chi connectivity index (χ3v) is 11.0. The van der Waals surface area contributed by atoms with Crippen molar-refractivity contribution in [2.45, 2.75) is 55.8 Å². The fourth-order valence-corrected chi connectivity index (χ4v) is 7.83. The molecule has 4 amide bonds. The molecule has 11 nitrogen and oxygen atoms in total. The van der Waals surface area contributed by atoms with Gasteiger partial charge < -0.3 is 31.1 Å². The molecule has 0 bridgehead atoms. The zero-order valence-electron chi connectivity index (χ0n) is 34.0. The van der Waals surface area contributed by atoms with Crippen molar-refractivity contribution in [1.29, 1.82) is 0 Å². The Morgan fingerprint density at radius 1 is 0.419 bits per heavy atom. The summed E-state index contributed by atoms with van der Waals surface area (Å²) in [5.74, 6) is -3.44. The van der Waals surface area contributed by atoms with Crippen molar-refractivity contribution in [3.8, 4) is 11.1 Å². The van der Waals surface area contributed by atoms with Crippen molar-refractivity contribution in [1.82, 2.24) is 21.3 Å². The Kier molecular flexibility index (Phi) is 14.2. The van der Waals surface area contributed by atoms with Crippen molar-refractivity contribution in [3.05, 3.63) is 203 Å². The number of amides is 4. The van der Waals surface area contributed by atoms with Crippen LogP contribution in [0.4, 0.5) is 4.79 Å². The van der Waals surface area contributed by atoms with Gasteiger partial charge in [-0.15, -0.1) is 0 Å². The highest BCUT2D eigenvalue weighted by atomic mass is 16.5. The van der Waals surface area contributed by atoms with Crippen LogP contribution in [0.25, 0.3) is 11.1 Å². The number of hydrogen-bond donors (Lipinski definition) is 5. The maximum Gasteiger partial charge on any atom is 0.407 e. The number of alkyl carbamates (subject to hydrolysis) is 1. The van der Waals surface area contributed by atoms with E-state index in [2.05, 4.69) is 21.3 Å². The summed E-state index contributed by atoms with van der Waals surface area (Å²) >= 11 is 0. The van der Waals surface area contributed by atoms with Crippen molar-refractivity contribution >= 4 is 29.8 Å². The second kappa shape index (κ2) is 20.6. The summed E-state index contributed by atoms with van der Waals surface area (Å²) in [5.41, 5.74) is 7.19. The lowest BCUT2D eigenvalue weighted by molar-refractivity contribution is -0.142. The number of carboxylic acid groups (broad SMARTS) is 1. The maximum atomic E-state index is 14.4. The van der Waals surface area contributed by atoms with Crippen molar-refractivity contribution in [2.24, 2.45) is 0 Å². The molecule has 314 valence electrons. The van der Waals surface area contributed by atoms with Gasteiger partial charge in [-0.2, -0.15) is 0 Å². The van der Waals surface area contributed by atoms with E-state index in [1.165, 1.54) is 0 Å². The minimum Gasteiger partial charge on any atom is -0.480 e. The first kappa shape index (κ1) is 42.6. The van der Waals surface area contributed by atoms with Crippen LogP contribution in [0.5, 0.6) is 0 Å².